The van der Waals surface area contributed by atoms with E-state index < -0.39 is 0 Å². The summed E-state index contributed by atoms with van der Waals surface area (Å²) in [6.45, 7) is 20.2. The highest BCUT2D eigenvalue weighted by atomic mass is 19.1. The van der Waals surface area contributed by atoms with Gasteiger partial charge < -0.3 is 0 Å². The molecule has 1 aromatic heterocycles. The molecule has 29 heavy (non-hydrogen) atoms. The van der Waals surface area contributed by atoms with Gasteiger partial charge in [0, 0.05) is 12.4 Å². The predicted octanol–water partition coefficient (Wildman–Crippen LogP) is 8.50. The molecule has 3 rings (SSSR count). The van der Waals surface area contributed by atoms with Gasteiger partial charge in [-0.25, -0.2) is 4.39 Å². The van der Waals surface area contributed by atoms with E-state index in [4.69, 9.17) is 0 Å². The summed E-state index contributed by atoms with van der Waals surface area (Å²) in [4.78, 5) is 3.95. The van der Waals surface area contributed by atoms with Gasteiger partial charge >= 0.3 is 0 Å². The second-order valence-electron chi connectivity index (χ2n) is 6.27. The lowest BCUT2D eigenvalue weighted by Gasteiger charge is -1.96. The van der Waals surface area contributed by atoms with Gasteiger partial charge in [0.25, 0.3) is 0 Å². The molecular weight excluding hydrogens is 357 g/mol. The van der Waals surface area contributed by atoms with E-state index in [1.165, 1.54) is 34.4 Å². The quantitative estimate of drug-likeness (QED) is 0.370. The van der Waals surface area contributed by atoms with Crippen molar-refractivity contribution in [1.82, 2.24) is 4.98 Å². The Morgan fingerprint density at radius 3 is 1.31 bits per heavy atom. The van der Waals surface area contributed by atoms with Crippen LogP contribution in [0.5, 0.6) is 0 Å². The number of halogens is 1. The molecule has 160 valence electrons. The van der Waals surface area contributed by atoms with Crippen LogP contribution in [0.1, 0.15) is 61.1 Å². The lowest BCUT2D eigenvalue weighted by Crippen LogP contribution is -1.80. The molecule has 0 saturated carbocycles. The van der Waals surface area contributed by atoms with E-state index in [0.717, 1.165) is 11.1 Å². The van der Waals surface area contributed by atoms with Gasteiger partial charge in [0.05, 0.1) is 0 Å². The highest BCUT2D eigenvalue weighted by molar-refractivity contribution is 5.24. The van der Waals surface area contributed by atoms with Gasteiger partial charge in [-0.2, -0.15) is 0 Å². The first-order valence-electron chi connectivity index (χ1n) is 10.4. The molecule has 1 nitrogen and oxygen atoms in total. The average molecular weight is 398 g/mol. The molecule has 0 fully saturated rings. The topological polar surface area (TPSA) is 12.9 Å². The minimum absolute atomic E-state index is 0.155. The maximum absolute atomic E-state index is 12.3. The molecule has 2 aromatic carbocycles. The second-order valence-corrected chi connectivity index (χ2v) is 6.27. The Balaban J connectivity index is 0. The minimum Gasteiger partial charge on any atom is -0.264 e. The zero-order valence-corrected chi connectivity index (χ0v) is 20.1. The van der Waals surface area contributed by atoms with Crippen LogP contribution in [-0.2, 0) is 0 Å². The summed E-state index contributed by atoms with van der Waals surface area (Å²) in [5.74, 6) is -0.155. The van der Waals surface area contributed by atoms with Crippen molar-refractivity contribution in [2.75, 3.05) is 0 Å². The van der Waals surface area contributed by atoms with Gasteiger partial charge in [-0.3, -0.25) is 4.98 Å². The van der Waals surface area contributed by atoms with Crippen molar-refractivity contribution in [3.05, 3.63) is 100 Å². The van der Waals surface area contributed by atoms with E-state index in [-0.39, 0.29) is 5.82 Å². The minimum atomic E-state index is -0.155. The summed E-state index contributed by atoms with van der Waals surface area (Å²) in [6, 6.07) is 15.2. The van der Waals surface area contributed by atoms with Crippen LogP contribution in [0.2, 0.25) is 0 Å². The Labute approximate surface area is 179 Å². The van der Waals surface area contributed by atoms with Crippen molar-refractivity contribution in [2.45, 2.75) is 69.2 Å². The molecule has 0 atom stereocenters. The maximum Gasteiger partial charge on any atom is 0.123 e. The monoisotopic (exact) mass is 397 g/mol. The molecule has 0 bridgehead atoms. The molecule has 0 spiro atoms. The fourth-order valence-corrected chi connectivity index (χ4v) is 1.91. The third kappa shape index (κ3) is 13.3. The van der Waals surface area contributed by atoms with Crippen LogP contribution in [0, 0.1) is 47.4 Å². The van der Waals surface area contributed by atoms with Gasteiger partial charge in [0.2, 0.25) is 0 Å². The molecule has 0 aliphatic carbocycles. The molecule has 0 radical (unpaired) electrons. The summed E-state index contributed by atoms with van der Waals surface area (Å²) < 4.78 is 12.3. The fourth-order valence-electron chi connectivity index (χ4n) is 1.91. The van der Waals surface area contributed by atoms with Gasteiger partial charge in [-0.15, -0.1) is 0 Å². The van der Waals surface area contributed by atoms with Crippen LogP contribution < -0.4 is 0 Å². The van der Waals surface area contributed by atoms with Crippen LogP contribution >= 0.6 is 0 Å². The first-order chi connectivity index (χ1) is 13.8. The Hall–Kier alpha value is -2.48. The van der Waals surface area contributed by atoms with E-state index in [2.05, 4.69) is 56.9 Å². The maximum atomic E-state index is 12.3. The zero-order chi connectivity index (χ0) is 22.8. The Morgan fingerprint density at radius 1 is 0.552 bits per heavy atom. The molecule has 3 aromatic rings. The molecule has 1 heterocycles. The summed E-state index contributed by atoms with van der Waals surface area (Å²) in [5.41, 5.74) is 7.44. The number of pyridine rings is 1. The first kappa shape index (κ1) is 28.7. The standard InChI is InChI=1S/C8H9F.C8H10.C7H9N.2C2H6/c1-6-3-4-8(9)5-7(6)2;1-7-5-3-4-6-8(7)2;1-6-3-4-8-5-7(6)2;2*1-2/h3-5H,1-2H3;3-6H,1-2H3;3-5H,1-2H3;2*1-2H3. The summed E-state index contributed by atoms with van der Waals surface area (Å²) in [5, 5.41) is 0. The van der Waals surface area contributed by atoms with Crippen molar-refractivity contribution in [3.63, 3.8) is 0 Å². The SMILES string of the molecule is CC.CC.Cc1ccc(F)cc1C.Cc1ccccc1C.Cc1ccncc1C. The number of hydrogen-bond acceptors (Lipinski definition) is 1. The summed E-state index contributed by atoms with van der Waals surface area (Å²) in [6.07, 6.45) is 3.68. The Kier molecular flexibility index (Phi) is 17.4. The molecule has 0 aliphatic heterocycles. The van der Waals surface area contributed by atoms with Crippen LogP contribution in [-0.4, -0.2) is 4.98 Å². The number of benzene rings is 2. The fraction of sp³-hybridized carbons (Fsp3) is 0.370. The predicted molar refractivity (Wildman–Crippen MR) is 128 cm³/mol. The molecule has 0 aliphatic rings. The van der Waals surface area contributed by atoms with Crippen LogP contribution in [0.25, 0.3) is 0 Å². The number of hydrogen-bond donors (Lipinski definition) is 0. The number of rotatable bonds is 0. The van der Waals surface area contributed by atoms with Crippen molar-refractivity contribution in [2.24, 2.45) is 0 Å². The summed E-state index contributed by atoms with van der Waals surface area (Å²) >= 11 is 0. The molecule has 0 amide bonds. The van der Waals surface area contributed by atoms with Crippen LogP contribution in [0.4, 0.5) is 4.39 Å². The lowest BCUT2D eigenvalue weighted by atomic mass is 10.1. The van der Waals surface area contributed by atoms with Crippen LogP contribution in [0.3, 0.4) is 0 Å². The molecule has 2 heteroatoms. The van der Waals surface area contributed by atoms with Crippen molar-refractivity contribution in [3.8, 4) is 0 Å². The molecule has 0 unspecified atom stereocenters. The normalized spacial score (nSPS) is 8.52. The van der Waals surface area contributed by atoms with Crippen molar-refractivity contribution in [1.29, 1.82) is 0 Å². The molecular formula is C27H40FN. The van der Waals surface area contributed by atoms with Gasteiger partial charge in [-0.05, 0) is 93.1 Å². The van der Waals surface area contributed by atoms with Crippen molar-refractivity contribution >= 4 is 0 Å². The molecule has 0 saturated heterocycles. The van der Waals surface area contributed by atoms with E-state index in [9.17, 15) is 4.39 Å². The average Bonchev–Trinajstić information content (AvgIpc) is 2.74. The third-order valence-corrected chi connectivity index (χ3v) is 4.20. The highest BCUT2D eigenvalue weighted by Crippen LogP contribution is 2.07. The van der Waals surface area contributed by atoms with Gasteiger partial charge in [-0.1, -0.05) is 58.0 Å². The lowest BCUT2D eigenvalue weighted by molar-refractivity contribution is 0.626. The van der Waals surface area contributed by atoms with Crippen LogP contribution in [0.15, 0.2) is 60.9 Å². The number of aryl methyl sites for hydroxylation is 6. The first-order valence-corrected chi connectivity index (χ1v) is 10.4. The third-order valence-electron chi connectivity index (χ3n) is 4.20. The zero-order valence-electron chi connectivity index (χ0n) is 20.1. The Bertz CT molecular complexity index is 709. The highest BCUT2D eigenvalue weighted by Gasteiger charge is 1.92. The van der Waals surface area contributed by atoms with E-state index in [1.807, 2.05) is 60.0 Å². The van der Waals surface area contributed by atoms with Gasteiger partial charge in [0.15, 0.2) is 0 Å². The van der Waals surface area contributed by atoms with Gasteiger partial charge in [0.1, 0.15) is 5.82 Å². The van der Waals surface area contributed by atoms with E-state index in [0.29, 0.717) is 0 Å². The smallest absolute Gasteiger partial charge is 0.123 e. The van der Waals surface area contributed by atoms with Crippen molar-refractivity contribution < 1.29 is 4.39 Å². The second kappa shape index (κ2) is 17.6. The number of nitrogens with zero attached hydrogens (tertiary/aromatic N) is 1. The summed E-state index contributed by atoms with van der Waals surface area (Å²) in [7, 11) is 0. The Morgan fingerprint density at radius 2 is 1.00 bits per heavy atom. The largest absolute Gasteiger partial charge is 0.264 e. The molecule has 0 N–H and O–H groups in total. The number of aromatic nitrogens is 1. The van der Waals surface area contributed by atoms with E-state index >= 15 is 0 Å². The van der Waals surface area contributed by atoms with E-state index in [1.54, 1.807) is 6.07 Å².